The summed E-state index contributed by atoms with van der Waals surface area (Å²) in [5.41, 5.74) is 3.83. The summed E-state index contributed by atoms with van der Waals surface area (Å²) in [6, 6.07) is 14.0. The van der Waals surface area contributed by atoms with Gasteiger partial charge in [-0.2, -0.15) is 0 Å². The first-order valence-electron chi connectivity index (χ1n) is 9.39. The monoisotopic (exact) mass is 363 g/mol. The molecule has 0 aliphatic heterocycles. The van der Waals surface area contributed by atoms with Crippen molar-refractivity contribution < 1.29 is 13.9 Å². The maximum Gasteiger partial charge on any atom is 0.231 e. The number of ether oxygens (including phenoxy) is 1. The van der Waals surface area contributed by atoms with Crippen LogP contribution in [0.1, 0.15) is 48.3 Å². The summed E-state index contributed by atoms with van der Waals surface area (Å²) in [4.78, 5) is 13.1. The average Bonchev–Trinajstić information content (AvgIpc) is 3.33. The summed E-state index contributed by atoms with van der Waals surface area (Å²) >= 11 is 0. The molecule has 0 saturated heterocycles. The number of nitrogens with one attached hydrogen (secondary N) is 1. The Hall–Kier alpha value is -2.75. The second kappa shape index (κ2) is 6.45. The van der Waals surface area contributed by atoms with E-state index in [0.717, 1.165) is 29.6 Å². The fraction of sp³-hybridized carbons (Fsp3) is 0.348. The van der Waals surface area contributed by atoms with Crippen molar-refractivity contribution in [2.75, 3.05) is 7.11 Å². The van der Waals surface area contributed by atoms with Crippen molar-refractivity contribution in [3.63, 3.8) is 0 Å². The van der Waals surface area contributed by atoms with E-state index in [-0.39, 0.29) is 11.9 Å². The molecule has 27 heavy (non-hydrogen) atoms. The van der Waals surface area contributed by atoms with Gasteiger partial charge in [-0.1, -0.05) is 41.5 Å². The van der Waals surface area contributed by atoms with E-state index in [2.05, 4.69) is 37.4 Å². The Balaban J connectivity index is 1.57. The van der Waals surface area contributed by atoms with E-state index < -0.39 is 5.41 Å². The molecule has 1 amide bonds. The highest BCUT2D eigenvalue weighted by Crippen LogP contribution is 2.49. The van der Waals surface area contributed by atoms with Crippen LogP contribution in [0, 0.1) is 13.8 Å². The van der Waals surface area contributed by atoms with Crippen LogP contribution in [0.25, 0.3) is 11.0 Å². The van der Waals surface area contributed by atoms with Gasteiger partial charge in [0.05, 0.1) is 18.6 Å². The van der Waals surface area contributed by atoms with Crippen molar-refractivity contribution in [3.05, 3.63) is 64.9 Å². The van der Waals surface area contributed by atoms with Gasteiger partial charge in [-0.25, -0.2) is 0 Å². The van der Waals surface area contributed by atoms with Crippen LogP contribution >= 0.6 is 0 Å². The van der Waals surface area contributed by atoms with E-state index in [9.17, 15) is 4.79 Å². The molecule has 0 spiro atoms. The number of methoxy groups -OCH3 is 1. The van der Waals surface area contributed by atoms with Gasteiger partial charge in [0.15, 0.2) is 11.3 Å². The number of benzene rings is 2. The van der Waals surface area contributed by atoms with Crippen molar-refractivity contribution in [1.29, 1.82) is 0 Å². The minimum absolute atomic E-state index is 0.0763. The number of para-hydroxylation sites is 1. The lowest BCUT2D eigenvalue weighted by molar-refractivity contribution is -0.124. The zero-order chi connectivity index (χ0) is 19.2. The molecule has 0 radical (unpaired) electrons. The van der Waals surface area contributed by atoms with Gasteiger partial charge < -0.3 is 14.5 Å². The number of amides is 1. The maximum atomic E-state index is 13.1. The summed E-state index contributed by atoms with van der Waals surface area (Å²) in [6.07, 6.45) is 1.78. The summed E-state index contributed by atoms with van der Waals surface area (Å²) < 4.78 is 11.4. The molecule has 1 atom stereocenters. The van der Waals surface area contributed by atoms with Crippen LogP contribution in [-0.2, 0) is 10.2 Å². The summed E-state index contributed by atoms with van der Waals surface area (Å²) in [6.45, 7) is 6.11. The van der Waals surface area contributed by atoms with Gasteiger partial charge >= 0.3 is 0 Å². The van der Waals surface area contributed by atoms with Crippen LogP contribution in [0.4, 0.5) is 0 Å². The third-order valence-corrected chi connectivity index (χ3v) is 5.48. The first-order chi connectivity index (χ1) is 12.9. The van der Waals surface area contributed by atoms with Crippen LogP contribution in [-0.4, -0.2) is 13.0 Å². The number of fused-ring (bicyclic) bond motifs is 1. The smallest absolute Gasteiger partial charge is 0.231 e. The third-order valence-electron chi connectivity index (χ3n) is 5.48. The van der Waals surface area contributed by atoms with E-state index in [1.165, 1.54) is 11.1 Å². The highest BCUT2D eigenvalue weighted by Gasteiger charge is 2.51. The molecule has 1 aliphatic rings. The van der Waals surface area contributed by atoms with Gasteiger partial charge in [-0.3, -0.25) is 4.79 Å². The fourth-order valence-corrected chi connectivity index (χ4v) is 3.86. The molecule has 4 rings (SSSR count). The number of carbonyl (C=O) groups is 1. The highest BCUT2D eigenvalue weighted by molar-refractivity contribution is 5.92. The van der Waals surface area contributed by atoms with Gasteiger partial charge in [0.2, 0.25) is 5.91 Å². The van der Waals surface area contributed by atoms with E-state index in [1.807, 2.05) is 31.2 Å². The lowest BCUT2D eigenvalue weighted by Crippen LogP contribution is -2.36. The van der Waals surface area contributed by atoms with Crippen molar-refractivity contribution >= 4 is 16.9 Å². The molecule has 1 heterocycles. The minimum Gasteiger partial charge on any atom is -0.493 e. The number of carbonyl (C=O) groups excluding carboxylic acids is 1. The standard InChI is InChI=1S/C23H25NO3/c1-14-10-15(2)12-18(11-14)23(8-9-23)22(25)24-16(3)20-13-17-6-5-7-19(26-4)21(17)27-20/h5-7,10-13,16H,8-9H2,1-4H3,(H,24,25). The first-order valence-corrected chi connectivity index (χ1v) is 9.39. The van der Waals surface area contributed by atoms with Crippen molar-refractivity contribution in [3.8, 4) is 5.75 Å². The normalized spacial score (nSPS) is 16.1. The molecule has 0 bridgehead atoms. The summed E-state index contributed by atoms with van der Waals surface area (Å²) in [7, 11) is 1.63. The lowest BCUT2D eigenvalue weighted by atomic mass is 9.91. The van der Waals surface area contributed by atoms with Crippen LogP contribution < -0.4 is 10.1 Å². The van der Waals surface area contributed by atoms with Crippen molar-refractivity contribution in [2.24, 2.45) is 0 Å². The molecule has 4 heteroatoms. The summed E-state index contributed by atoms with van der Waals surface area (Å²) in [5.74, 6) is 1.51. The second-order valence-electron chi connectivity index (χ2n) is 7.68. The molecular formula is C23H25NO3. The Morgan fingerprint density at radius 1 is 1.15 bits per heavy atom. The predicted octanol–water partition coefficient (Wildman–Crippen LogP) is 4.97. The summed E-state index contributed by atoms with van der Waals surface area (Å²) in [5, 5.41) is 4.13. The number of hydrogen-bond acceptors (Lipinski definition) is 3. The van der Waals surface area contributed by atoms with E-state index in [4.69, 9.17) is 9.15 Å². The van der Waals surface area contributed by atoms with Crippen molar-refractivity contribution in [1.82, 2.24) is 5.32 Å². The van der Waals surface area contributed by atoms with Crippen molar-refractivity contribution in [2.45, 2.75) is 45.1 Å². The topological polar surface area (TPSA) is 51.5 Å². The molecule has 2 aromatic carbocycles. The first kappa shape index (κ1) is 17.7. The number of hydrogen-bond donors (Lipinski definition) is 1. The van der Waals surface area contributed by atoms with Gasteiger partial charge in [0, 0.05) is 5.39 Å². The van der Waals surface area contributed by atoms with Gasteiger partial charge in [-0.05, 0) is 51.3 Å². The Morgan fingerprint density at radius 3 is 2.48 bits per heavy atom. The fourth-order valence-electron chi connectivity index (χ4n) is 3.86. The molecule has 1 saturated carbocycles. The SMILES string of the molecule is COc1cccc2cc(C(C)NC(=O)C3(c4cc(C)cc(C)c4)CC3)oc12. The number of furan rings is 1. The molecule has 1 aromatic heterocycles. The molecule has 1 unspecified atom stereocenters. The van der Waals surface area contributed by atoms with Crippen LogP contribution in [0.5, 0.6) is 5.75 Å². The zero-order valence-electron chi connectivity index (χ0n) is 16.3. The number of rotatable bonds is 5. The van der Waals surface area contributed by atoms with Crippen LogP contribution in [0.2, 0.25) is 0 Å². The van der Waals surface area contributed by atoms with Gasteiger partial charge in [0.1, 0.15) is 5.76 Å². The molecular weight excluding hydrogens is 338 g/mol. The molecule has 1 N–H and O–H groups in total. The Kier molecular flexibility index (Phi) is 4.22. The third kappa shape index (κ3) is 3.09. The van der Waals surface area contributed by atoms with E-state index >= 15 is 0 Å². The van der Waals surface area contributed by atoms with E-state index in [0.29, 0.717) is 11.3 Å². The largest absolute Gasteiger partial charge is 0.493 e. The number of aryl methyl sites for hydroxylation is 2. The Morgan fingerprint density at radius 2 is 1.85 bits per heavy atom. The predicted molar refractivity (Wildman–Crippen MR) is 106 cm³/mol. The Labute approximate surface area is 159 Å². The molecule has 140 valence electrons. The molecule has 1 fully saturated rings. The van der Waals surface area contributed by atoms with Crippen LogP contribution in [0.3, 0.4) is 0 Å². The second-order valence-corrected chi connectivity index (χ2v) is 7.68. The molecule has 1 aliphatic carbocycles. The maximum absolute atomic E-state index is 13.1. The zero-order valence-corrected chi connectivity index (χ0v) is 16.3. The van der Waals surface area contributed by atoms with E-state index in [1.54, 1.807) is 7.11 Å². The molecule has 4 nitrogen and oxygen atoms in total. The molecule has 3 aromatic rings. The Bertz CT molecular complexity index is 993. The highest BCUT2D eigenvalue weighted by atomic mass is 16.5. The average molecular weight is 363 g/mol. The minimum atomic E-state index is -0.394. The van der Waals surface area contributed by atoms with Gasteiger partial charge in [-0.15, -0.1) is 0 Å². The quantitative estimate of drug-likeness (QED) is 0.696. The van der Waals surface area contributed by atoms with Crippen LogP contribution in [0.15, 0.2) is 46.9 Å². The lowest BCUT2D eigenvalue weighted by Gasteiger charge is -2.20. The van der Waals surface area contributed by atoms with Gasteiger partial charge in [0.25, 0.3) is 0 Å².